The van der Waals surface area contributed by atoms with Gasteiger partial charge in [0.15, 0.2) is 14.9 Å². The van der Waals surface area contributed by atoms with Crippen LogP contribution in [0.15, 0.2) is 18.2 Å². The number of nitrogens with one attached hydrogen (secondary N) is 1. The Morgan fingerprint density at radius 2 is 2.05 bits per heavy atom. The molecule has 0 saturated carbocycles. The Kier molecular flexibility index (Phi) is 2.83. The first-order chi connectivity index (χ1) is 8.87. The summed E-state index contributed by atoms with van der Waals surface area (Å²) < 4.78 is 23.5. The molecule has 1 N–H and O–H groups in total. The van der Waals surface area contributed by atoms with Gasteiger partial charge in [-0.2, -0.15) is 0 Å². The first-order valence-corrected chi connectivity index (χ1v) is 8.48. The zero-order valence-electron chi connectivity index (χ0n) is 10.9. The molecule has 0 radical (unpaired) electrons. The van der Waals surface area contributed by atoms with E-state index in [9.17, 15) is 8.42 Å². The summed E-state index contributed by atoms with van der Waals surface area (Å²) in [5.74, 6) is 0.358. The summed E-state index contributed by atoms with van der Waals surface area (Å²) in [4.78, 5) is 1.97. The molecule has 102 valence electrons. The van der Waals surface area contributed by atoms with Crippen LogP contribution in [0.5, 0.6) is 0 Å². The summed E-state index contributed by atoms with van der Waals surface area (Å²) in [7, 11) is -2.95. The highest BCUT2D eigenvalue weighted by molar-refractivity contribution is 7.91. The fraction of sp³-hybridized carbons (Fsp3) is 0.462. The van der Waals surface area contributed by atoms with Gasteiger partial charge in [0.05, 0.1) is 23.6 Å². The third-order valence-corrected chi connectivity index (χ3v) is 5.82. The molecule has 4 nitrogen and oxygen atoms in total. The molecule has 0 amide bonds. The molecule has 0 spiro atoms. The molecule has 0 unspecified atom stereocenters. The molecular formula is C13H16N2O2S2. The van der Waals surface area contributed by atoms with Crippen LogP contribution in [0.3, 0.4) is 0 Å². The number of hydrogen-bond donors (Lipinski definition) is 1. The highest BCUT2D eigenvalue weighted by atomic mass is 32.2. The minimum absolute atomic E-state index is 0.0705. The van der Waals surface area contributed by atoms with E-state index in [2.05, 4.69) is 11.4 Å². The molecule has 19 heavy (non-hydrogen) atoms. The van der Waals surface area contributed by atoms with E-state index < -0.39 is 9.84 Å². The molecule has 0 bridgehead atoms. The number of anilines is 1. The number of hydrogen-bond acceptors (Lipinski definition) is 3. The van der Waals surface area contributed by atoms with Gasteiger partial charge in [-0.25, -0.2) is 8.42 Å². The van der Waals surface area contributed by atoms with Gasteiger partial charge in [0.2, 0.25) is 0 Å². The Morgan fingerprint density at radius 3 is 2.74 bits per heavy atom. The summed E-state index contributed by atoms with van der Waals surface area (Å²) >= 11 is 5.36. The SMILES string of the molecule is Cc1ccc(N2C(=S)N[C@H]3CS(=O)(=O)C[C@@H]32)c(C)c1. The average molecular weight is 296 g/mol. The molecule has 2 atom stereocenters. The van der Waals surface area contributed by atoms with E-state index in [1.807, 2.05) is 30.9 Å². The average Bonchev–Trinajstić information content (AvgIpc) is 2.70. The number of aryl methyl sites for hydroxylation is 2. The van der Waals surface area contributed by atoms with Crippen molar-refractivity contribution in [3.63, 3.8) is 0 Å². The standard InChI is InChI=1S/C13H16N2O2S2/c1-8-3-4-11(9(2)5-8)15-12-7-19(16,17)6-10(12)14-13(15)18/h3-5,10,12H,6-7H2,1-2H3,(H,14,18)/t10-,12-/m0/s1. The zero-order chi connectivity index (χ0) is 13.8. The number of fused-ring (bicyclic) bond motifs is 1. The largest absolute Gasteiger partial charge is 0.356 e. The first kappa shape index (κ1) is 12.9. The molecule has 0 aliphatic carbocycles. The van der Waals surface area contributed by atoms with Crippen molar-refractivity contribution in [3.05, 3.63) is 29.3 Å². The van der Waals surface area contributed by atoms with Gasteiger partial charge in [-0.15, -0.1) is 0 Å². The lowest BCUT2D eigenvalue weighted by molar-refractivity contribution is 0.600. The lowest BCUT2D eigenvalue weighted by Crippen LogP contribution is -2.37. The van der Waals surface area contributed by atoms with E-state index in [1.165, 1.54) is 5.56 Å². The zero-order valence-corrected chi connectivity index (χ0v) is 12.5. The molecule has 2 saturated heterocycles. The van der Waals surface area contributed by atoms with Crippen LogP contribution in [0.25, 0.3) is 0 Å². The maximum atomic E-state index is 11.8. The normalized spacial score (nSPS) is 28.3. The molecule has 2 aliphatic rings. The lowest BCUT2D eigenvalue weighted by atomic mass is 10.1. The molecular weight excluding hydrogens is 280 g/mol. The Labute approximate surface area is 118 Å². The maximum absolute atomic E-state index is 11.8. The van der Waals surface area contributed by atoms with Crippen molar-refractivity contribution in [3.8, 4) is 0 Å². The lowest BCUT2D eigenvalue weighted by Gasteiger charge is -2.25. The van der Waals surface area contributed by atoms with Crippen LogP contribution in [-0.4, -0.2) is 37.1 Å². The van der Waals surface area contributed by atoms with Crippen LogP contribution in [0, 0.1) is 13.8 Å². The van der Waals surface area contributed by atoms with Gasteiger partial charge in [-0.1, -0.05) is 17.7 Å². The fourth-order valence-electron chi connectivity index (χ4n) is 2.96. The van der Waals surface area contributed by atoms with Crippen molar-refractivity contribution in [1.82, 2.24) is 5.32 Å². The predicted octanol–water partition coefficient (Wildman–Crippen LogP) is 1.16. The predicted molar refractivity (Wildman–Crippen MR) is 80.4 cm³/mol. The van der Waals surface area contributed by atoms with E-state index in [4.69, 9.17) is 12.2 Å². The second-order valence-electron chi connectivity index (χ2n) is 5.36. The van der Waals surface area contributed by atoms with Crippen LogP contribution in [-0.2, 0) is 9.84 Å². The topological polar surface area (TPSA) is 49.4 Å². The molecule has 1 aromatic carbocycles. The van der Waals surface area contributed by atoms with Gasteiger partial charge in [-0.05, 0) is 37.7 Å². The monoisotopic (exact) mass is 296 g/mol. The molecule has 3 rings (SSSR count). The Bertz CT molecular complexity index is 655. The van der Waals surface area contributed by atoms with Gasteiger partial charge >= 0.3 is 0 Å². The van der Waals surface area contributed by atoms with Crippen molar-refractivity contribution in [2.24, 2.45) is 0 Å². The van der Waals surface area contributed by atoms with E-state index in [-0.39, 0.29) is 23.6 Å². The van der Waals surface area contributed by atoms with Gasteiger partial charge < -0.3 is 10.2 Å². The second-order valence-corrected chi connectivity index (χ2v) is 7.90. The first-order valence-electron chi connectivity index (χ1n) is 6.25. The molecule has 1 aromatic rings. The summed E-state index contributed by atoms with van der Waals surface area (Å²) in [5.41, 5.74) is 3.32. The molecule has 6 heteroatoms. The third-order valence-electron chi connectivity index (χ3n) is 3.79. The van der Waals surface area contributed by atoms with Crippen molar-refractivity contribution in [2.45, 2.75) is 25.9 Å². The summed E-state index contributed by atoms with van der Waals surface area (Å²) in [5, 5.41) is 3.78. The van der Waals surface area contributed by atoms with Gasteiger partial charge in [-0.3, -0.25) is 0 Å². The van der Waals surface area contributed by atoms with E-state index in [0.717, 1.165) is 11.3 Å². The van der Waals surface area contributed by atoms with Crippen molar-refractivity contribution >= 4 is 32.9 Å². The summed E-state index contributed by atoms with van der Waals surface area (Å²) in [6, 6.07) is 6.00. The van der Waals surface area contributed by atoms with Crippen LogP contribution >= 0.6 is 12.2 Å². The smallest absolute Gasteiger partial charge is 0.174 e. The molecule has 2 fully saturated rings. The van der Waals surface area contributed by atoms with Crippen molar-refractivity contribution in [2.75, 3.05) is 16.4 Å². The number of nitrogens with zero attached hydrogens (tertiary/aromatic N) is 1. The molecule has 0 aromatic heterocycles. The van der Waals surface area contributed by atoms with E-state index >= 15 is 0 Å². The van der Waals surface area contributed by atoms with Gasteiger partial charge in [0.1, 0.15) is 0 Å². The van der Waals surface area contributed by atoms with Crippen LogP contribution in [0.2, 0.25) is 0 Å². The number of sulfone groups is 1. The number of thiocarbonyl (C=S) groups is 1. The molecule has 2 heterocycles. The Balaban J connectivity index is 2.02. The highest BCUT2D eigenvalue weighted by Crippen LogP contribution is 2.31. The van der Waals surface area contributed by atoms with E-state index in [1.54, 1.807) is 0 Å². The maximum Gasteiger partial charge on any atom is 0.174 e. The fourth-order valence-corrected chi connectivity index (χ4v) is 5.24. The number of benzene rings is 1. The van der Waals surface area contributed by atoms with Crippen LogP contribution in [0.1, 0.15) is 11.1 Å². The summed E-state index contributed by atoms with van der Waals surface area (Å²) in [6.45, 7) is 4.07. The van der Waals surface area contributed by atoms with Crippen LogP contribution in [0.4, 0.5) is 5.69 Å². The van der Waals surface area contributed by atoms with Crippen LogP contribution < -0.4 is 10.2 Å². The Hall–Kier alpha value is -1.14. The summed E-state index contributed by atoms with van der Waals surface area (Å²) in [6.07, 6.45) is 0. The third kappa shape index (κ3) is 2.12. The highest BCUT2D eigenvalue weighted by Gasteiger charge is 2.47. The minimum atomic E-state index is -2.95. The van der Waals surface area contributed by atoms with E-state index in [0.29, 0.717) is 5.11 Å². The second kappa shape index (κ2) is 4.18. The number of rotatable bonds is 1. The minimum Gasteiger partial charge on any atom is -0.356 e. The van der Waals surface area contributed by atoms with Gasteiger partial charge in [0.25, 0.3) is 0 Å². The van der Waals surface area contributed by atoms with Crippen molar-refractivity contribution in [1.29, 1.82) is 0 Å². The Morgan fingerprint density at radius 1 is 1.32 bits per heavy atom. The van der Waals surface area contributed by atoms with Crippen molar-refractivity contribution < 1.29 is 8.42 Å². The molecule has 2 aliphatic heterocycles. The van der Waals surface area contributed by atoms with Gasteiger partial charge in [0, 0.05) is 5.69 Å². The quantitative estimate of drug-likeness (QED) is 0.788.